The molecule has 7 heteroatoms. The van der Waals surface area contributed by atoms with Crippen LogP contribution in [0.4, 0.5) is 5.00 Å². The van der Waals surface area contributed by atoms with Crippen molar-refractivity contribution in [3.63, 3.8) is 0 Å². The minimum Gasteiger partial charge on any atom is -0.459 e. The average molecular weight is 432 g/mol. The zero-order valence-electron chi connectivity index (χ0n) is 18.3. The summed E-state index contributed by atoms with van der Waals surface area (Å²) < 4.78 is 10.6. The van der Waals surface area contributed by atoms with Crippen molar-refractivity contribution in [2.24, 2.45) is 0 Å². The van der Waals surface area contributed by atoms with E-state index in [-0.39, 0.29) is 34.5 Å². The zero-order valence-corrected chi connectivity index (χ0v) is 19.1. The van der Waals surface area contributed by atoms with Crippen LogP contribution >= 0.6 is 11.3 Å². The van der Waals surface area contributed by atoms with Gasteiger partial charge in [-0.05, 0) is 52.2 Å². The van der Waals surface area contributed by atoms with Crippen molar-refractivity contribution in [2.75, 3.05) is 5.32 Å². The van der Waals surface area contributed by atoms with E-state index in [1.807, 2.05) is 37.3 Å². The Morgan fingerprint density at radius 1 is 0.967 bits per heavy atom. The molecule has 0 fully saturated rings. The Morgan fingerprint density at radius 3 is 2.07 bits per heavy atom. The summed E-state index contributed by atoms with van der Waals surface area (Å²) in [5, 5.41) is 3.15. The van der Waals surface area contributed by atoms with Crippen LogP contribution < -0.4 is 5.32 Å². The fourth-order valence-electron chi connectivity index (χ4n) is 3.04. The number of nitrogens with one attached hydrogen (secondary N) is 1. The highest BCUT2D eigenvalue weighted by molar-refractivity contribution is 7.18. The summed E-state index contributed by atoms with van der Waals surface area (Å²) in [5.74, 6) is -1.73. The van der Waals surface area contributed by atoms with E-state index >= 15 is 0 Å². The number of ether oxygens (including phenoxy) is 2. The van der Waals surface area contributed by atoms with Crippen LogP contribution in [0.15, 0.2) is 30.3 Å². The van der Waals surface area contributed by atoms with E-state index in [0.717, 1.165) is 16.9 Å². The van der Waals surface area contributed by atoms with Gasteiger partial charge in [0.05, 0.1) is 23.7 Å². The third-order valence-electron chi connectivity index (χ3n) is 4.39. The number of carbonyl (C=O) groups is 3. The van der Waals surface area contributed by atoms with Crippen LogP contribution in [-0.2, 0) is 14.3 Å². The van der Waals surface area contributed by atoms with Crippen LogP contribution in [0.25, 0.3) is 0 Å². The van der Waals surface area contributed by atoms with Gasteiger partial charge in [-0.15, -0.1) is 11.3 Å². The lowest BCUT2D eigenvalue weighted by Crippen LogP contribution is -2.22. The van der Waals surface area contributed by atoms with Crippen LogP contribution in [0.2, 0.25) is 0 Å². The Labute approximate surface area is 181 Å². The topological polar surface area (TPSA) is 81.7 Å². The number of rotatable bonds is 8. The lowest BCUT2D eigenvalue weighted by molar-refractivity contribution is -0.117. The van der Waals surface area contributed by atoms with Gasteiger partial charge in [0.1, 0.15) is 9.88 Å². The summed E-state index contributed by atoms with van der Waals surface area (Å²) in [4.78, 5) is 38.6. The fraction of sp³-hybridized carbons (Fsp3) is 0.435. The van der Waals surface area contributed by atoms with Crippen LogP contribution in [-0.4, -0.2) is 30.1 Å². The number of hydrogen-bond acceptors (Lipinski definition) is 6. The van der Waals surface area contributed by atoms with Gasteiger partial charge in [-0.1, -0.05) is 37.3 Å². The Bertz CT molecular complexity index is 902. The molecule has 1 N–H and O–H groups in total. The van der Waals surface area contributed by atoms with Crippen LogP contribution in [0.1, 0.15) is 78.1 Å². The van der Waals surface area contributed by atoms with E-state index in [2.05, 4.69) is 5.32 Å². The van der Waals surface area contributed by atoms with Crippen molar-refractivity contribution < 1.29 is 23.9 Å². The smallest absolute Gasteiger partial charge is 0.348 e. The van der Waals surface area contributed by atoms with Gasteiger partial charge in [0.2, 0.25) is 5.91 Å². The fourth-order valence-corrected chi connectivity index (χ4v) is 4.12. The number of esters is 2. The maximum Gasteiger partial charge on any atom is 0.348 e. The highest BCUT2D eigenvalue weighted by Gasteiger charge is 2.29. The number of hydrogen-bond donors (Lipinski definition) is 1. The van der Waals surface area contributed by atoms with Gasteiger partial charge < -0.3 is 14.8 Å². The first-order valence-corrected chi connectivity index (χ1v) is 10.9. The molecule has 1 amide bonds. The first kappa shape index (κ1) is 23.6. The minimum atomic E-state index is -0.578. The first-order valence-electron chi connectivity index (χ1n) is 10.1. The molecule has 0 saturated heterocycles. The predicted molar refractivity (Wildman–Crippen MR) is 118 cm³/mol. The van der Waals surface area contributed by atoms with Gasteiger partial charge in [-0.25, -0.2) is 9.59 Å². The highest BCUT2D eigenvalue weighted by atomic mass is 32.1. The summed E-state index contributed by atoms with van der Waals surface area (Å²) in [6.07, 6.45) is -0.0430. The van der Waals surface area contributed by atoms with E-state index < -0.39 is 11.9 Å². The van der Waals surface area contributed by atoms with Gasteiger partial charge in [-0.2, -0.15) is 0 Å². The van der Waals surface area contributed by atoms with Crippen LogP contribution in [0.5, 0.6) is 0 Å². The molecular formula is C23H29NO5S. The Hall–Kier alpha value is -2.67. The Kier molecular flexibility index (Phi) is 8.17. The molecule has 1 aromatic heterocycles. The molecule has 1 aromatic carbocycles. The standard InChI is InChI=1S/C23H29NO5S/c1-7-17(16-11-9-8-10-12-16)20(25)24-21-18(22(26)28-13(2)3)15(6)19(30-21)23(27)29-14(4)5/h8-14,17H,7H2,1-6H3,(H,24,25)/t17-/m1/s1. The predicted octanol–water partition coefficient (Wildman–Crippen LogP) is 5.32. The molecule has 0 spiro atoms. The van der Waals surface area contributed by atoms with E-state index in [4.69, 9.17) is 9.47 Å². The second-order valence-corrected chi connectivity index (χ2v) is 8.55. The van der Waals surface area contributed by atoms with E-state index in [1.165, 1.54) is 0 Å². The van der Waals surface area contributed by atoms with Gasteiger partial charge in [0, 0.05) is 0 Å². The number of thiophene rings is 1. The van der Waals surface area contributed by atoms with E-state index in [9.17, 15) is 14.4 Å². The van der Waals surface area contributed by atoms with E-state index in [0.29, 0.717) is 17.0 Å². The molecule has 6 nitrogen and oxygen atoms in total. The second kappa shape index (κ2) is 10.4. The minimum absolute atomic E-state index is 0.195. The lowest BCUT2D eigenvalue weighted by atomic mass is 9.95. The van der Waals surface area contributed by atoms with Crippen molar-refractivity contribution in [3.05, 3.63) is 51.9 Å². The summed E-state index contributed by atoms with van der Waals surface area (Å²) in [6, 6.07) is 9.45. The van der Waals surface area contributed by atoms with Crippen molar-refractivity contribution >= 4 is 34.2 Å². The quantitative estimate of drug-likeness (QED) is 0.572. The maximum absolute atomic E-state index is 13.0. The first-order chi connectivity index (χ1) is 14.1. The second-order valence-electron chi connectivity index (χ2n) is 7.53. The van der Waals surface area contributed by atoms with Crippen molar-refractivity contribution in [2.45, 2.75) is 66.1 Å². The normalized spacial score (nSPS) is 12.0. The molecule has 30 heavy (non-hydrogen) atoms. The third-order valence-corrected chi connectivity index (χ3v) is 5.57. The van der Waals surface area contributed by atoms with Gasteiger partial charge in [0.25, 0.3) is 0 Å². The molecule has 0 aliphatic heterocycles. The summed E-state index contributed by atoms with van der Waals surface area (Å²) >= 11 is 1.04. The molecule has 0 unspecified atom stereocenters. The molecule has 0 radical (unpaired) electrons. The molecule has 0 aliphatic rings. The van der Waals surface area contributed by atoms with Crippen LogP contribution in [0.3, 0.4) is 0 Å². The molecule has 1 atom stereocenters. The molecule has 162 valence electrons. The molecule has 0 saturated carbocycles. The SMILES string of the molecule is CC[C@@H](C(=O)Nc1sc(C(=O)OC(C)C)c(C)c1C(=O)OC(C)C)c1ccccc1. The summed E-state index contributed by atoms with van der Waals surface area (Å²) in [6.45, 7) is 10.6. The van der Waals surface area contributed by atoms with Crippen molar-refractivity contribution in [1.82, 2.24) is 0 Å². The monoisotopic (exact) mass is 431 g/mol. The number of amides is 1. The average Bonchev–Trinajstić information content (AvgIpc) is 2.98. The van der Waals surface area contributed by atoms with E-state index in [1.54, 1.807) is 34.6 Å². The maximum atomic E-state index is 13.0. The molecule has 0 aliphatic carbocycles. The molecule has 2 aromatic rings. The van der Waals surface area contributed by atoms with Crippen molar-refractivity contribution in [3.8, 4) is 0 Å². The van der Waals surface area contributed by atoms with Crippen LogP contribution in [0, 0.1) is 6.92 Å². The van der Waals surface area contributed by atoms with Gasteiger partial charge in [0.15, 0.2) is 0 Å². The Balaban J connectivity index is 2.42. The molecule has 1 heterocycles. The molecule has 0 bridgehead atoms. The van der Waals surface area contributed by atoms with Gasteiger partial charge >= 0.3 is 11.9 Å². The summed E-state index contributed by atoms with van der Waals surface area (Å²) in [7, 11) is 0. The Morgan fingerprint density at radius 2 is 1.53 bits per heavy atom. The number of carbonyl (C=O) groups excluding carboxylic acids is 3. The summed E-state index contributed by atoms with van der Waals surface area (Å²) in [5.41, 5.74) is 1.52. The lowest BCUT2D eigenvalue weighted by Gasteiger charge is -2.16. The molecule has 2 rings (SSSR count). The largest absolute Gasteiger partial charge is 0.459 e. The van der Waals surface area contributed by atoms with Crippen molar-refractivity contribution in [1.29, 1.82) is 0 Å². The number of anilines is 1. The number of benzene rings is 1. The highest BCUT2D eigenvalue weighted by Crippen LogP contribution is 2.36. The zero-order chi connectivity index (χ0) is 22.4. The van der Waals surface area contributed by atoms with Gasteiger partial charge in [-0.3, -0.25) is 4.79 Å². The molecular weight excluding hydrogens is 402 g/mol. The third kappa shape index (κ3) is 5.69.